The van der Waals surface area contributed by atoms with E-state index >= 15 is 0 Å². The van der Waals surface area contributed by atoms with Gasteiger partial charge in [-0.05, 0) is 44.2 Å². The predicted molar refractivity (Wildman–Crippen MR) is 90.6 cm³/mol. The largest absolute Gasteiger partial charge is 0.339 e. The molecule has 0 unspecified atom stereocenters. The summed E-state index contributed by atoms with van der Waals surface area (Å²) in [6.45, 7) is 3.21. The van der Waals surface area contributed by atoms with Crippen LogP contribution in [-0.4, -0.2) is 28.8 Å². The molecule has 0 spiro atoms. The third-order valence-corrected chi connectivity index (χ3v) is 4.95. The number of hydrogen-bond acceptors (Lipinski definition) is 6. The summed E-state index contributed by atoms with van der Waals surface area (Å²) in [7, 11) is -3.82. The van der Waals surface area contributed by atoms with Crippen LogP contribution < -0.4 is 10.0 Å². The lowest BCUT2D eigenvalue weighted by molar-refractivity contribution is 0.599. The Bertz CT molecular complexity index is 982. The molecule has 0 aliphatic heterocycles. The minimum Gasteiger partial charge on any atom is -0.339 e. The Morgan fingerprint density at radius 3 is 2.40 bits per heavy atom. The van der Waals surface area contributed by atoms with Crippen molar-refractivity contribution in [3.63, 3.8) is 0 Å². The monoisotopic (exact) mass is 362 g/mol. The molecule has 0 radical (unpaired) electrons. The van der Waals surface area contributed by atoms with Crippen molar-refractivity contribution in [2.75, 3.05) is 10.0 Å². The molecule has 130 valence electrons. The third-order valence-electron chi connectivity index (χ3n) is 3.33. The molecule has 0 amide bonds. The summed E-state index contributed by atoms with van der Waals surface area (Å²) in [5.74, 6) is 0.0298. The van der Waals surface area contributed by atoms with Crippen LogP contribution in [0.1, 0.15) is 11.4 Å². The molecule has 0 saturated heterocycles. The number of H-pyrrole nitrogens is 1. The smallest absolute Gasteiger partial charge is 0.266 e. The molecule has 1 aromatic carbocycles. The normalized spacial score (nSPS) is 11.3. The maximum atomic E-state index is 13.2. The quantitative estimate of drug-likeness (QED) is 0.643. The first kappa shape index (κ1) is 16.8. The molecule has 0 fully saturated rings. The number of halogens is 1. The zero-order chi connectivity index (χ0) is 18.0. The number of sulfonamides is 1. The van der Waals surface area contributed by atoms with E-state index in [4.69, 9.17) is 0 Å². The highest BCUT2D eigenvalue weighted by Crippen LogP contribution is 2.20. The topological polar surface area (TPSA) is 113 Å². The van der Waals surface area contributed by atoms with Gasteiger partial charge in [0.1, 0.15) is 10.7 Å². The maximum absolute atomic E-state index is 13.2. The van der Waals surface area contributed by atoms with Gasteiger partial charge in [0.2, 0.25) is 0 Å². The highest BCUT2D eigenvalue weighted by atomic mass is 32.2. The SMILES string of the molecule is Cc1n[nH]c(C)c1S(=O)(=O)Nc1ccc(Nc2cccc(F)c2)nn1. The van der Waals surface area contributed by atoms with Gasteiger partial charge in [0.05, 0.1) is 11.4 Å². The van der Waals surface area contributed by atoms with Crippen molar-refractivity contribution < 1.29 is 12.8 Å². The molecule has 3 N–H and O–H groups in total. The fourth-order valence-electron chi connectivity index (χ4n) is 2.29. The van der Waals surface area contributed by atoms with Crippen molar-refractivity contribution in [3.05, 3.63) is 53.6 Å². The number of anilines is 3. The number of nitrogens with one attached hydrogen (secondary N) is 3. The summed E-state index contributed by atoms with van der Waals surface area (Å²) in [4.78, 5) is 0.0799. The van der Waals surface area contributed by atoms with Crippen LogP contribution in [0.25, 0.3) is 0 Å². The lowest BCUT2D eigenvalue weighted by atomic mass is 10.3. The Kier molecular flexibility index (Phi) is 4.36. The van der Waals surface area contributed by atoms with E-state index in [9.17, 15) is 12.8 Å². The van der Waals surface area contributed by atoms with Gasteiger partial charge in [-0.3, -0.25) is 9.82 Å². The van der Waals surface area contributed by atoms with Crippen LogP contribution in [0.2, 0.25) is 0 Å². The van der Waals surface area contributed by atoms with E-state index in [0.29, 0.717) is 22.9 Å². The summed E-state index contributed by atoms with van der Waals surface area (Å²) < 4.78 is 40.4. The van der Waals surface area contributed by atoms with Gasteiger partial charge < -0.3 is 5.32 Å². The van der Waals surface area contributed by atoms with Gasteiger partial charge in [0.15, 0.2) is 11.6 Å². The van der Waals surface area contributed by atoms with Crippen LogP contribution in [0, 0.1) is 19.7 Å². The van der Waals surface area contributed by atoms with Crippen LogP contribution in [0.3, 0.4) is 0 Å². The van der Waals surface area contributed by atoms with Crippen LogP contribution in [0.15, 0.2) is 41.3 Å². The Labute approximate surface area is 143 Å². The number of nitrogens with zero attached hydrogens (tertiary/aromatic N) is 3. The molecule has 2 heterocycles. The first-order valence-corrected chi connectivity index (χ1v) is 8.74. The highest BCUT2D eigenvalue weighted by Gasteiger charge is 2.22. The van der Waals surface area contributed by atoms with Gasteiger partial charge in [-0.25, -0.2) is 12.8 Å². The van der Waals surface area contributed by atoms with E-state index in [0.717, 1.165) is 0 Å². The van der Waals surface area contributed by atoms with Crippen molar-refractivity contribution >= 4 is 27.3 Å². The molecular formula is C15H15FN6O2S. The zero-order valence-corrected chi connectivity index (χ0v) is 14.2. The number of rotatable bonds is 5. The van der Waals surface area contributed by atoms with Crippen LogP contribution >= 0.6 is 0 Å². The lowest BCUT2D eigenvalue weighted by Gasteiger charge is -2.08. The number of aryl methyl sites for hydroxylation is 2. The van der Waals surface area contributed by atoms with E-state index in [2.05, 4.69) is 30.4 Å². The Morgan fingerprint density at radius 1 is 1.08 bits per heavy atom. The van der Waals surface area contributed by atoms with E-state index in [-0.39, 0.29) is 16.5 Å². The van der Waals surface area contributed by atoms with E-state index in [1.54, 1.807) is 26.0 Å². The molecule has 2 aromatic heterocycles. The van der Waals surface area contributed by atoms with Crippen molar-refractivity contribution in [1.29, 1.82) is 0 Å². The van der Waals surface area contributed by atoms with Crippen molar-refractivity contribution in [2.45, 2.75) is 18.7 Å². The molecule has 0 saturated carbocycles. The average molecular weight is 362 g/mol. The summed E-state index contributed by atoms with van der Waals surface area (Å²) in [5, 5.41) is 17.1. The second-order valence-corrected chi connectivity index (χ2v) is 6.93. The molecular weight excluding hydrogens is 347 g/mol. The molecule has 25 heavy (non-hydrogen) atoms. The van der Waals surface area contributed by atoms with Gasteiger partial charge in [0.25, 0.3) is 10.0 Å². The summed E-state index contributed by atoms with van der Waals surface area (Å²) in [5.41, 5.74) is 1.30. The van der Waals surface area contributed by atoms with Crippen LogP contribution in [-0.2, 0) is 10.0 Å². The minimum atomic E-state index is -3.82. The predicted octanol–water partition coefficient (Wildman–Crippen LogP) is 2.50. The van der Waals surface area contributed by atoms with Gasteiger partial charge in [0, 0.05) is 5.69 Å². The summed E-state index contributed by atoms with van der Waals surface area (Å²) >= 11 is 0. The maximum Gasteiger partial charge on any atom is 0.266 e. The number of benzene rings is 1. The molecule has 0 atom stereocenters. The zero-order valence-electron chi connectivity index (χ0n) is 13.4. The van der Waals surface area contributed by atoms with E-state index < -0.39 is 10.0 Å². The van der Waals surface area contributed by atoms with Crippen molar-refractivity contribution in [3.8, 4) is 0 Å². The van der Waals surface area contributed by atoms with Gasteiger partial charge >= 0.3 is 0 Å². The van der Waals surface area contributed by atoms with Crippen molar-refractivity contribution in [1.82, 2.24) is 20.4 Å². The van der Waals surface area contributed by atoms with Gasteiger partial charge in [-0.1, -0.05) is 6.07 Å². The summed E-state index contributed by atoms with van der Waals surface area (Å²) in [6, 6.07) is 8.86. The second-order valence-electron chi connectivity index (χ2n) is 5.31. The second kappa shape index (κ2) is 6.48. The first-order chi connectivity index (χ1) is 11.8. The fourth-order valence-corrected chi connectivity index (χ4v) is 3.66. The van der Waals surface area contributed by atoms with Gasteiger partial charge in [-0.2, -0.15) is 5.10 Å². The third kappa shape index (κ3) is 3.74. The molecule has 3 aromatic rings. The standard InChI is InChI=1S/C15H15FN6O2S/c1-9-15(10(2)19-18-9)25(23,24)22-14-7-6-13(20-21-14)17-12-5-3-4-11(16)8-12/h3-8H,1-2H3,(H,17,20)(H,18,19)(H,21,22). The molecule has 0 aliphatic rings. The van der Waals surface area contributed by atoms with E-state index in [1.807, 2.05) is 0 Å². The molecule has 8 nitrogen and oxygen atoms in total. The van der Waals surface area contributed by atoms with Crippen LogP contribution in [0.4, 0.5) is 21.7 Å². The highest BCUT2D eigenvalue weighted by molar-refractivity contribution is 7.92. The minimum absolute atomic E-state index is 0.0600. The number of aromatic amines is 1. The lowest BCUT2D eigenvalue weighted by Crippen LogP contribution is -2.16. The number of aromatic nitrogens is 4. The molecule has 0 aliphatic carbocycles. The first-order valence-electron chi connectivity index (χ1n) is 7.26. The Morgan fingerprint density at radius 2 is 1.80 bits per heavy atom. The Hall–Kier alpha value is -3.01. The van der Waals surface area contributed by atoms with Gasteiger partial charge in [-0.15, -0.1) is 10.2 Å². The average Bonchev–Trinajstić information content (AvgIpc) is 2.89. The van der Waals surface area contributed by atoms with Crippen LogP contribution in [0.5, 0.6) is 0 Å². The van der Waals surface area contributed by atoms with Crippen molar-refractivity contribution in [2.24, 2.45) is 0 Å². The number of hydrogen-bond donors (Lipinski definition) is 3. The molecule has 10 heteroatoms. The fraction of sp³-hybridized carbons (Fsp3) is 0.133. The molecule has 0 bridgehead atoms. The van der Waals surface area contributed by atoms with E-state index in [1.165, 1.54) is 24.3 Å². The molecule has 3 rings (SSSR count). The summed E-state index contributed by atoms with van der Waals surface area (Å²) in [6.07, 6.45) is 0. The Balaban J connectivity index is 1.77.